The summed E-state index contributed by atoms with van der Waals surface area (Å²) in [5.74, 6) is -0.203. The molecule has 30 heavy (non-hydrogen) atoms. The molecule has 0 radical (unpaired) electrons. The number of hydrogen-bond acceptors (Lipinski definition) is 4. The van der Waals surface area contributed by atoms with Crippen molar-refractivity contribution in [2.45, 2.75) is 78.1 Å². The summed E-state index contributed by atoms with van der Waals surface area (Å²) in [6.45, 7) is 10.2. The molecular weight excluding hydrogens is 374 g/mol. The van der Waals surface area contributed by atoms with Gasteiger partial charge >= 0.3 is 5.97 Å². The first-order valence-electron chi connectivity index (χ1n) is 11.4. The minimum Gasteiger partial charge on any atom is -0.481 e. The van der Waals surface area contributed by atoms with Gasteiger partial charge in [-0.05, 0) is 37.7 Å². The van der Waals surface area contributed by atoms with E-state index in [-0.39, 0.29) is 0 Å². The van der Waals surface area contributed by atoms with E-state index in [1.165, 1.54) is 18.4 Å². The van der Waals surface area contributed by atoms with Crippen molar-refractivity contribution in [1.29, 1.82) is 0 Å². The zero-order chi connectivity index (χ0) is 21.7. The van der Waals surface area contributed by atoms with Crippen molar-refractivity contribution in [3.05, 3.63) is 41.1 Å². The minimum absolute atomic E-state index is 0.449. The van der Waals surface area contributed by atoms with Crippen LogP contribution in [0.25, 0.3) is 11.3 Å². The lowest BCUT2D eigenvalue weighted by molar-refractivity contribution is -0.139. The largest absolute Gasteiger partial charge is 0.481 e. The van der Waals surface area contributed by atoms with E-state index in [1.54, 1.807) is 0 Å². The number of benzene rings is 1. The van der Waals surface area contributed by atoms with Crippen molar-refractivity contribution >= 4 is 11.9 Å². The van der Waals surface area contributed by atoms with Crippen LogP contribution in [0.3, 0.4) is 0 Å². The van der Waals surface area contributed by atoms with Crippen LogP contribution >= 0.6 is 0 Å². The van der Waals surface area contributed by atoms with Crippen LogP contribution in [0, 0.1) is 6.92 Å². The smallest absolute Gasteiger partial charge is 0.311 e. The van der Waals surface area contributed by atoms with Crippen LogP contribution in [0.4, 0.5) is 5.95 Å². The van der Waals surface area contributed by atoms with Gasteiger partial charge in [0.1, 0.15) is 0 Å². The van der Waals surface area contributed by atoms with Gasteiger partial charge in [0, 0.05) is 29.9 Å². The second kappa shape index (κ2) is 10.1. The summed E-state index contributed by atoms with van der Waals surface area (Å²) < 4.78 is 0. The summed E-state index contributed by atoms with van der Waals surface area (Å²) in [7, 11) is 0. The predicted octanol–water partition coefficient (Wildman–Crippen LogP) is 5.92. The zero-order valence-corrected chi connectivity index (χ0v) is 18.8. The molecular formula is C25H35N3O2. The maximum atomic E-state index is 12.1. The third-order valence-corrected chi connectivity index (χ3v) is 6.09. The number of aryl methyl sites for hydroxylation is 1. The summed E-state index contributed by atoms with van der Waals surface area (Å²) in [5.41, 5.74) is 4.56. The third-order valence-electron chi connectivity index (χ3n) is 6.09. The molecule has 1 aliphatic rings. The van der Waals surface area contributed by atoms with Gasteiger partial charge in [-0.1, -0.05) is 64.3 Å². The number of hydrogen-bond donors (Lipinski definition) is 1. The second-order valence-electron chi connectivity index (χ2n) is 8.73. The molecule has 5 nitrogen and oxygen atoms in total. The number of aromatic nitrogens is 2. The summed E-state index contributed by atoms with van der Waals surface area (Å²) in [5, 5.41) is 9.96. The predicted molar refractivity (Wildman–Crippen MR) is 122 cm³/mol. The molecule has 0 bridgehead atoms. The molecule has 1 aromatic heterocycles. The number of carboxylic acid groups (broad SMARTS) is 1. The van der Waals surface area contributed by atoms with E-state index >= 15 is 0 Å². The van der Waals surface area contributed by atoms with E-state index in [0.717, 1.165) is 60.8 Å². The summed E-state index contributed by atoms with van der Waals surface area (Å²) >= 11 is 0. The Morgan fingerprint density at radius 3 is 2.23 bits per heavy atom. The molecule has 0 aliphatic carbocycles. The van der Waals surface area contributed by atoms with Crippen LogP contribution in [0.5, 0.6) is 0 Å². The van der Waals surface area contributed by atoms with Crippen molar-refractivity contribution in [2.75, 3.05) is 18.0 Å². The van der Waals surface area contributed by atoms with Crippen molar-refractivity contribution in [3.8, 4) is 11.3 Å². The molecule has 1 N–H and O–H groups in total. The molecule has 162 valence electrons. The maximum absolute atomic E-state index is 12.1. The van der Waals surface area contributed by atoms with Gasteiger partial charge in [-0.2, -0.15) is 0 Å². The Balaban J connectivity index is 2.14. The van der Waals surface area contributed by atoms with E-state index < -0.39 is 11.9 Å². The van der Waals surface area contributed by atoms with Crippen LogP contribution in [0.15, 0.2) is 24.3 Å². The third kappa shape index (κ3) is 5.00. The first-order valence-corrected chi connectivity index (χ1v) is 11.4. The first-order chi connectivity index (χ1) is 14.4. The van der Waals surface area contributed by atoms with Gasteiger partial charge < -0.3 is 10.0 Å². The summed E-state index contributed by atoms with van der Waals surface area (Å²) in [4.78, 5) is 24.2. The van der Waals surface area contributed by atoms with Crippen LogP contribution in [0.1, 0.15) is 88.0 Å². The first kappa shape index (κ1) is 22.3. The summed E-state index contributed by atoms with van der Waals surface area (Å²) in [6.07, 6.45) is 6.17. The van der Waals surface area contributed by atoms with Gasteiger partial charge in [0.2, 0.25) is 5.95 Å². The van der Waals surface area contributed by atoms with E-state index in [1.807, 2.05) is 13.8 Å². The molecule has 1 aliphatic heterocycles. The highest BCUT2D eigenvalue weighted by atomic mass is 16.4. The highest BCUT2D eigenvalue weighted by Gasteiger charge is 2.28. The Hall–Kier alpha value is -2.43. The number of anilines is 1. The van der Waals surface area contributed by atoms with Crippen LogP contribution in [-0.4, -0.2) is 34.1 Å². The van der Waals surface area contributed by atoms with E-state index in [0.29, 0.717) is 12.3 Å². The number of carboxylic acids is 1. The highest BCUT2D eigenvalue weighted by Crippen LogP contribution is 2.35. The van der Waals surface area contributed by atoms with Crippen LogP contribution in [0.2, 0.25) is 0 Å². The van der Waals surface area contributed by atoms with Gasteiger partial charge in [-0.15, -0.1) is 0 Å². The Morgan fingerprint density at radius 2 is 1.70 bits per heavy atom. The summed E-state index contributed by atoms with van der Waals surface area (Å²) in [6, 6.07) is 8.42. The lowest BCUT2D eigenvalue weighted by Gasteiger charge is -2.24. The SMILES string of the molecule is CCCC(C(=O)O)c1c(C)nc(N2CCCCCC2)nc1-c1ccc(C(C)C)cc1. The zero-order valence-electron chi connectivity index (χ0n) is 18.8. The maximum Gasteiger partial charge on any atom is 0.311 e. The lowest BCUT2D eigenvalue weighted by Crippen LogP contribution is -2.27. The molecule has 1 unspecified atom stereocenters. The topological polar surface area (TPSA) is 66.3 Å². The molecule has 1 saturated heterocycles. The standard InChI is InChI=1S/C25H35N3O2/c1-5-10-21(24(29)30)22-18(4)26-25(28-15-8-6-7-9-16-28)27-23(22)20-13-11-19(12-14-20)17(2)3/h11-14,17,21H,5-10,15-16H2,1-4H3,(H,29,30). The van der Waals surface area contributed by atoms with Gasteiger partial charge in [-0.25, -0.2) is 9.97 Å². The van der Waals surface area contributed by atoms with Crippen molar-refractivity contribution in [3.63, 3.8) is 0 Å². The normalized spacial score (nSPS) is 15.8. The van der Waals surface area contributed by atoms with Gasteiger partial charge in [-0.3, -0.25) is 4.79 Å². The number of carbonyl (C=O) groups is 1. The molecule has 0 spiro atoms. The van der Waals surface area contributed by atoms with Crippen LogP contribution < -0.4 is 4.90 Å². The fourth-order valence-corrected chi connectivity index (χ4v) is 4.32. The van der Waals surface area contributed by atoms with Crippen molar-refractivity contribution in [2.24, 2.45) is 0 Å². The minimum atomic E-state index is -0.800. The monoisotopic (exact) mass is 409 g/mol. The molecule has 1 atom stereocenters. The average molecular weight is 410 g/mol. The van der Waals surface area contributed by atoms with Crippen LogP contribution in [-0.2, 0) is 4.79 Å². The Bertz CT molecular complexity index is 853. The highest BCUT2D eigenvalue weighted by molar-refractivity contribution is 5.81. The molecule has 0 saturated carbocycles. The van der Waals surface area contributed by atoms with Crippen molar-refractivity contribution < 1.29 is 9.90 Å². The van der Waals surface area contributed by atoms with Gasteiger partial charge in [0.15, 0.2) is 0 Å². The van der Waals surface area contributed by atoms with Gasteiger partial charge in [0.05, 0.1) is 11.6 Å². The molecule has 1 aromatic carbocycles. The fraction of sp³-hybridized carbons (Fsp3) is 0.560. The molecule has 1 fully saturated rings. The average Bonchev–Trinajstić information content (AvgIpc) is 3.01. The molecule has 5 heteroatoms. The fourth-order valence-electron chi connectivity index (χ4n) is 4.32. The van der Waals surface area contributed by atoms with Gasteiger partial charge in [0.25, 0.3) is 0 Å². The Morgan fingerprint density at radius 1 is 1.07 bits per heavy atom. The quantitative estimate of drug-likeness (QED) is 0.614. The van der Waals surface area contributed by atoms with Crippen molar-refractivity contribution in [1.82, 2.24) is 9.97 Å². The Labute approximate surface area is 180 Å². The van der Waals surface area contributed by atoms with E-state index in [2.05, 4.69) is 43.0 Å². The Kier molecular flexibility index (Phi) is 7.46. The van der Waals surface area contributed by atoms with E-state index in [4.69, 9.17) is 9.97 Å². The molecule has 2 heterocycles. The number of rotatable bonds is 7. The molecule has 0 amide bonds. The number of aliphatic carboxylic acids is 1. The lowest BCUT2D eigenvalue weighted by atomic mass is 9.89. The van der Waals surface area contributed by atoms with E-state index in [9.17, 15) is 9.90 Å². The second-order valence-corrected chi connectivity index (χ2v) is 8.73. The number of nitrogens with zero attached hydrogens (tertiary/aromatic N) is 3. The molecule has 2 aromatic rings. The molecule has 3 rings (SSSR count).